The Morgan fingerprint density at radius 3 is 2.87 bits per heavy atom. The fourth-order valence-corrected chi connectivity index (χ4v) is 2.89. The predicted molar refractivity (Wildman–Crippen MR) is 70.4 cm³/mol. The molecule has 1 saturated heterocycles. The van der Waals surface area contributed by atoms with Gasteiger partial charge in [0.05, 0.1) is 0 Å². The molecular formula is C12H26N2S. The summed E-state index contributed by atoms with van der Waals surface area (Å²) < 4.78 is 0. The van der Waals surface area contributed by atoms with E-state index in [9.17, 15) is 0 Å². The average molecular weight is 230 g/mol. The van der Waals surface area contributed by atoms with E-state index in [2.05, 4.69) is 18.1 Å². The third-order valence-electron chi connectivity index (χ3n) is 3.42. The highest BCUT2D eigenvalue weighted by Gasteiger charge is 2.24. The number of unbranched alkanes of at least 4 members (excludes halogenated alkanes) is 1. The molecule has 0 aromatic rings. The molecule has 0 aliphatic carbocycles. The minimum absolute atomic E-state index is 0.656. The van der Waals surface area contributed by atoms with Crippen molar-refractivity contribution in [3.05, 3.63) is 0 Å². The van der Waals surface area contributed by atoms with Gasteiger partial charge in [-0.1, -0.05) is 6.92 Å². The van der Waals surface area contributed by atoms with Gasteiger partial charge in [-0.25, -0.2) is 0 Å². The van der Waals surface area contributed by atoms with Crippen molar-refractivity contribution in [2.45, 2.75) is 38.6 Å². The summed E-state index contributed by atoms with van der Waals surface area (Å²) >= 11 is 1.95. The van der Waals surface area contributed by atoms with Gasteiger partial charge in [-0.15, -0.1) is 0 Å². The summed E-state index contributed by atoms with van der Waals surface area (Å²) in [5.74, 6) is 2.18. The zero-order chi connectivity index (χ0) is 11.1. The Labute approximate surface area is 99.0 Å². The SMILES string of the molecule is CSCCCCN1CCC(C)CC1CN. The van der Waals surface area contributed by atoms with Crippen molar-refractivity contribution in [1.82, 2.24) is 4.90 Å². The van der Waals surface area contributed by atoms with Gasteiger partial charge in [0.15, 0.2) is 0 Å². The van der Waals surface area contributed by atoms with E-state index < -0.39 is 0 Å². The second kappa shape index (κ2) is 7.53. The van der Waals surface area contributed by atoms with Gasteiger partial charge in [0, 0.05) is 12.6 Å². The van der Waals surface area contributed by atoms with Crippen LogP contribution in [0.1, 0.15) is 32.6 Å². The number of likely N-dealkylation sites (tertiary alicyclic amines) is 1. The van der Waals surface area contributed by atoms with Crippen molar-refractivity contribution in [3.63, 3.8) is 0 Å². The van der Waals surface area contributed by atoms with Crippen LogP contribution in [0.4, 0.5) is 0 Å². The normalized spacial score (nSPS) is 28.2. The largest absolute Gasteiger partial charge is 0.329 e. The van der Waals surface area contributed by atoms with E-state index in [-0.39, 0.29) is 0 Å². The van der Waals surface area contributed by atoms with E-state index in [4.69, 9.17) is 5.73 Å². The van der Waals surface area contributed by atoms with Crippen LogP contribution in [0.25, 0.3) is 0 Å². The van der Waals surface area contributed by atoms with Crippen LogP contribution in [-0.4, -0.2) is 42.6 Å². The van der Waals surface area contributed by atoms with Crippen molar-refractivity contribution in [1.29, 1.82) is 0 Å². The molecule has 0 spiro atoms. The van der Waals surface area contributed by atoms with Crippen molar-refractivity contribution in [2.24, 2.45) is 11.7 Å². The fourth-order valence-electron chi connectivity index (χ4n) is 2.40. The molecule has 1 fully saturated rings. The Morgan fingerprint density at radius 1 is 1.40 bits per heavy atom. The summed E-state index contributed by atoms with van der Waals surface area (Å²) in [6.45, 7) is 5.72. The van der Waals surface area contributed by atoms with Gasteiger partial charge in [0.25, 0.3) is 0 Å². The molecule has 0 saturated carbocycles. The molecule has 0 aromatic carbocycles. The zero-order valence-electron chi connectivity index (χ0n) is 10.2. The predicted octanol–water partition coefficient (Wildman–Crippen LogP) is 2.19. The highest BCUT2D eigenvalue weighted by molar-refractivity contribution is 7.98. The summed E-state index contributed by atoms with van der Waals surface area (Å²) in [7, 11) is 0. The monoisotopic (exact) mass is 230 g/mol. The average Bonchev–Trinajstić information content (AvgIpc) is 2.26. The first-order valence-corrected chi connectivity index (χ1v) is 7.60. The fraction of sp³-hybridized carbons (Fsp3) is 1.00. The van der Waals surface area contributed by atoms with Gasteiger partial charge >= 0.3 is 0 Å². The number of hydrogen-bond donors (Lipinski definition) is 1. The Morgan fingerprint density at radius 2 is 2.20 bits per heavy atom. The highest BCUT2D eigenvalue weighted by atomic mass is 32.2. The maximum Gasteiger partial charge on any atom is 0.0220 e. The number of nitrogens with zero attached hydrogens (tertiary/aromatic N) is 1. The summed E-state index contributed by atoms with van der Waals surface area (Å²) in [6, 6.07) is 0.656. The van der Waals surface area contributed by atoms with Gasteiger partial charge in [0.2, 0.25) is 0 Å². The molecule has 0 aromatic heterocycles. The van der Waals surface area contributed by atoms with E-state index in [1.165, 1.54) is 44.5 Å². The molecule has 1 heterocycles. The molecule has 1 aliphatic rings. The Balaban J connectivity index is 2.20. The van der Waals surface area contributed by atoms with Gasteiger partial charge < -0.3 is 5.73 Å². The molecule has 0 radical (unpaired) electrons. The summed E-state index contributed by atoms with van der Waals surface area (Å²) in [4.78, 5) is 2.61. The molecule has 2 atom stereocenters. The topological polar surface area (TPSA) is 29.3 Å². The molecule has 2 nitrogen and oxygen atoms in total. The van der Waals surface area contributed by atoms with Gasteiger partial charge in [-0.05, 0) is 56.7 Å². The number of thioether (sulfide) groups is 1. The minimum Gasteiger partial charge on any atom is -0.329 e. The third-order valence-corrected chi connectivity index (χ3v) is 4.11. The van der Waals surface area contributed by atoms with E-state index in [1.54, 1.807) is 0 Å². The molecule has 2 unspecified atom stereocenters. The van der Waals surface area contributed by atoms with Crippen LogP contribution >= 0.6 is 11.8 Å². The van der Waals surface area contributed by atoms with Crippen molar-refractivity contribution >= 4 is 11.8 Å². The maximum absolute atomic E-state index is 5.84. The lowest BCUT2D eigenvalue weighted by Gasteiger charge is -2.38. The first-order chi connectivity index (χ1) is 7.27. The standard InChI is InChI=1S/C12H26N2S/c1-11-5-7-14(12(9-11)10-13)6-3-4-8-15-2/h11-12H,3-10,13H2,1-2H3. The lowest BCUT2D eigenvalue weighted by molar-refractivity contribution is 0.121. The molecule has 1 rings (SSSR count). The number of piperidine rings is 1. The quantitative estimate of drug-likeness (QED) is 0.709. The van der Waals surface area contributed by atoms with E-state index >= 15 is 0 Å². The molecule has 3 heteroatoms. The molecule has 2 N–H and O–H groups in total. The summed E-state index contributed by atoms with van der Waals surface area (Å²) in [6.07, 6.45) is 7.54. The van der Waals surface area contributed by atoms with Crippen molar-refractivity contribution < 1.29 is 0 Å². The molecule has 0 bridgehead atoms. The van der Waals surface area contributed by atoms with Gasteiger partial charge in [0.1, 0.15) is 0 Å². The molecule has 15 heavy (non-hydrogen) atoms. The van der Waals surface area contributed by atoms with Crippen molar-refractivity contribution in [2.75, 3.05) is 31.6 Å². The highest BCUT2D eigenvalue weighted by Crippen LogP contribution is 2.22. The Bertz CT molecular complexity index is 164. The van der Waals surface area contributed by atoms with E-state index in [0.717, 1.165) is 12.5 Å². The molecular weight excluding hydrogens is 204 g/mol. The number of rotatable bonds is 6. The van der Waals surface area contributed by atoms with Crippen LogP contribution < -0.4 is 5.73 Å². The molecule has 90 valence electrons. The lowest BCUT2D eigenvalue weighted by Crippen LogP contribution is -2.46. The first-order valence-electron chi connectivity index (χ1n) is 6.21. The van der Waals surface area contributed by atoms with Crippen LogP contribution in [0.5, 0.6) is 0 Å². The minimum atomic E-state index is 0.656. The number of nitrogens with two attached hydrogens (primary N) is 1. The summed E-state index contributed by atoms with van der Waals surface area (Å²) in [5.41, 5.74) is 5.84. The summed E-state index contributed by atoms with van der Waals surface area (Å²) in [5, 5.41) is 0. The zero-order valence-corrected chi connectivity index (χ0v) is 11.1. The van der Waals surface area contributed by atoms with Gasteiger partial charge in [-0.3, -0.25) is 4.90 Å². The van der Waals surface area contributed by atoms with Crippen LogP contribution in [0, 0.1) is 5.92 Å². The molecule has 1 aliphatic heterocycles. The Hall–Kier alpha value is 0.270. The molecule has 0 amide bonds. The van der Waals surface area contributed by atoms with Crippen LogP contribution in [0.2, 0.25) is 0 Å². The van der Waals surface area contributed by atoms with Gasteiger partial charge in [-0.2, -0.15) is 11.8 Å². The maximum atomic E-state index is 5.84. The van der Waals surface area contributed by atoms with Crippen molar-refractivity contribution in [3.8, 4) is 0 Å². The first kappa shape index (κ1) is 13.3. The van der Waals surface area contributed by atoms with Crippen LogP contribution in [0.3, 0.4) is 0 Å². The smallest absolute Gasteiger partial charge is 0.0220 e. The lowest BCUT2D eigenvalue weighted by atomic mass is 9.92. The van der Waals surface area contributed by atoms with Crippen LogP contribution in [0.15, 0.2) is 0 Å². The van der Waals surface area contributed by atoms with E-state index in [1.807, 2.05) is 11.8 Å². The van der Waals surface area contributed by atoms with Crippen LogP contribution in [-0.2, 0) is 0 Å². The second-order valence-electron chi connectivity index (χ2n) is 4.75. The second-order valence-corrected chi connectivity index (χ2v) is 5.74. The Kier molecular flexibility index (Phi) is 6.69. The number of hydrogen-bond acceptors (Lipinski definition) is 3. The third kappa shape index (κ3) is 4.75. The van der Waals surface area contributed by atoms with E-state index in [0.29, 0.717) is 6.04 Å².